The summed E-state index contributed by atoms with van der Waals surface area (Å²) < 4.78 is 5.50. The Morgan fingerprint density at radius 1 is 1.07 bits per heavy atom. The molecule has 2 N–H and O–H groups in total. The van der Waals surface area contributed by atoms with Gasteiger partial charge in [-0.1, -0.05) is 25.1 Å². The molecule has 4 aromatic rings. The summed E-state index contributed by atoms with van der Waals surface area (Å²) in [6.07, 6.45) is 2.22. The summed E-state index contributed by atoms with van der Waals surface area (Å²) in [5.41, 5.74) is 2.40. The molecule has 1 amide bonds. The van der Waals surface area contributed by atoms with Gasteiger partial charge in [0.1, 0.15) is 0 Å². The molecule has 0 spiro atoms. The number of carbonyl (C=O) groups excluding carboxylic acids is 2. The summed E-state index contributed by atoms with van der Waals surface area (Å²) in [4.78, 5) is 27.8. The fourth-order valence-corrected chi connectivity index (χ4v) is 2.78. The maximum atomic E-state index is 12.5. The number of nitrogens with one attached hydrogen (secondary N) is 2. The average molecular weight is 360 g/mol. The van der Waals surface area contributed by atoms with Crippen molar-refractivity contribution >= 4 is 28.3 Å². The van der Waals surface area contributed by atoms with Crippen LogP contribution in [-0.2, 0) is 11.2 Å². The third kappa shape index (κ3) is 3.22. The molecule has 4 rings (SSSR count). The van der Waals surface area contributed by atoms with Crippen LogP contribution in [0.2, 0.25) is 0 Å². The van der Waals surface area contributed by atoms with Crippen molar-refractivity contribution in [3.8, 4) is 11.5 Å². The molecule has 0 unspecified atom stereocenters. The van der Waals surface area contributed by atoms with Gasteiger partial charge in [-0.3, -0.25) is 9.59 Å². The number of aromatic nitrogens is 3. The number of aryl methyl sites for hydroxylation is 1. The van der Waals surface area contributed by atoms with Gasteiger partial charge in [-0.05, 0) is 30.3 Å². The molecule has 0 aliphatic heterocycles. The van der Waals surface area contributed by atoms with Crippen LogP contribution < -0.4 is 5.32 Å². The smallest absolute Gasteiger partial charge is 0.296 e. The molecule has 0 aliphatic carbocycles. The minimum atomic E-state index is -0.696. The highest BCUT2D eigenvalue weighted by molar-refractivity contribution is 6.48. The molecule has 27 heavy (non-hydrogen) atoms. The van der Waals surface area contributed by atoms with Crippen LogP contribution in [0.1, 0.15) is 23.2 Å². The Labute approximate surface area is 154 Å². The summed E-state index contributed by atoms with van der Waals surface area (Å²) in [5.74, 6) is -0.314. The summed E-state index contributed by atoms with van der Waals surface area (Å²) in [6, 6.07) is 14.2. The molecule has 0 atom stereocenters. The van der Waals surface area contributed by atoms with E-state index in [-0.39, 0.29) is 0 Å². The number of rotatable bonds is 5. The van der Waals surface area contributed by atoms with Crippen LogP contribution in [-0.4, -0.2) is 26.9 Å². The standard InChI is InChI=1S/C20H16N4O3/c1-2-17-23-24-20(27-17)12-7-9-13(10-8-12)22-19(26)18(25)15-11-21-16-6-4-3-5-14(15)16/h3-11,21H,2H2,1H3,(H,22,26). The lowest BCUT2D eigenvalue weighted by molar-refractivity contribution is -0.112. The Bertz CT molecular complexity index is 1130. The molecule has 0 bridgehead atoms. The van der Waals surface area contributed by atoms with Crippen molar-refractivity contribution in [1.29, 1.82) is 0 Å². The molecule has 0 saturated heterocycles. The number of carbonyl (C=O) groups is 2. The molecule has 2 aromatic carbocycles. The highest BCUT2D eigenvalue weighted by Crippen LogP contribution is 2.22. The van der Waals surface area contributed by atoms with Crippen molar-refractivity contribution in [1.82, 2.24) is 15.2 Å². The Kier molecular flexibility index (Phi) is 4.25. The van der Waals surface area contributed by atoms with Crippen molar-refractivity contribution in [2.45, 2.75) is 13.3 Å². The SMILES string of the molecule is CCc1nnc(-c2ccc(NC(=O)C(=O)c3c[nH]c4ccccc34)cc2)o1. The molecule has 2 heterocycles. The lowest BCUT2D eigenvalue weighted by Gasteiger charge is -2.04. The second-order valence-corrected chi connectivity index (χ2v) is 5.96. The van der Waals surface area contributed by atoms with Crippen LogP contribution in [0.15, 0.2) is 59.1 Å². The maximum absolute atomic E-state index is 12.5. The number of benzene rings is 2. The van der Waals surface area contributed by atoms with Crippen LogP contribution >= 0.6 is 0 Å². The zero-order chi connectivity index (χ0) is 18.8. The maximum Gasteiger partial charge on any atom is 0.296 e. The minimum Gasteiger partial charge on any atom is -0.421 e. The van der Waals surface area contributed by atoms with Crippen LogP contribution in [0.4, 0.5) is 5.69 Å². The third-order valence-electron chi connectivity index (χ3n) is 4.20. The number of Topliss-reactive ketones (excluding diaryl/α,β-unsaturated/α-hetero) is 1. The van der Waals surface area contributed by atoms with Crippen LogP contribution in [0.3, 0.4) is 0 Å². The predicted molar refractivity (Wildman–Crippen MR) is 100 cm³/mol. The molecule has 7 nitrogen and oxygen atoms in total. The molecule has 0 radical (unpaired) electrons. The molecule has 7 heteroatoms. The van der Waals surface area contributed by atoms with E-state index in [0.29, 0.717) is 29.5 Å². The lowest BCUT2D eigenvalue weighted by Crippen LogP contribution is -2.22. The Morgan fingerprint density at radius 2 is 1.85 bits per heavy atom. The Balaban J connectivity index is 1.50. The first-order valence-electron chi connectivity index (χ1n) is 8.50. The molecular formula is C20H16N4O3. The van der Waals surface area contributed by atoms with Gasteiger partial charge in [-0.15, -0.1) is 10.2 Å². The average Bonchev–Trinajstić information content (AvgIpc) is 3.35. The number of nitrogens with zero attached hydrogens (tertiary/aromatic N) is 2. The van der Waals surface area contributed by atoms with Gasteiger partial charge in [0, 0.05) is 34.8 Å². The van der Waals surface area contributed by atoms with Gasteiger partial charge in [0.2, 0.25) is 11.8 Å². The number of H-pyrrole nitrogens is 1. The molecule has 0 aliphatic rings. The number of aromatic amines is 1. The third-order valence-corrected chi connectivity index (χ3v) is 4.20. The molecular weight excluding hydrogens is 344 g/mol. The first-order valence-corrected chi connectivity index (χ1v) is 8.50. The van der Waals surface area contributed by atoms with E-state index in [9.17, 15) is 9.59 Å². The molecule has 134 valence electrons. The van der Waals surface area contributed by atoms with E-state index in [1.165, 1.54) is 0 Å². The Hall–Kier alpha value is -3.74. The van der Waals surface area contributed by atoms with Crippen LogP contribution in [0, 0.1) is 0 Å². The second-order valence-electron chi connectivity index (χ2n) is 5.96. The summed E-state index contributed by atoms with van der Waals surface area (Å²) in [7, 11) is 0. The van der Waals surface area contributed by atoms with Gasteiger partial charge in [-0.25, -0.2) is 0 Å². The van der Waals surface area contributed by atoms with Gasteiger partial charge in [0.15, 0.2) is 0 Å². The topological polar surface area (TPSA) is 101 Å². The van der Waals surface area contributed by atoms with Crippen LogP contribution in [0.25, 0.3) is 22.4 Å². The van der Waals surface area contributed by atoms with Gasteiger partial charge in [0.05, 0.1) is 5.56 Å². The van der Waals surface area contributed by atoms with Crippen molar-refractivity contribution in [2.75, 3.05) is 5.32 Å². The van der Waals surface area contributed by atoms with Gasteiger partial charge in [-0.2, -0.15) is 0 Å². The largest absolute Gasteiger partial charge is 0.421 e. The predicted octanol–water partition coefficient (Wildman–Crippen LogP) is 3.60. The van der Waals surface area contributed by atoms with E-state index in [1.54, 1.807) is 36.5 Å². The molecule has 2 aromatic heterocycles. The number of amides is 1. The van der Waals surface area contributed by atoms with Crippen molar-refractivity contribution in [2.24, 2.45) is 0 Å². The fraction of sp³-hybridized carbons (Fsp3) is 0.100. The lowest BCUT2D eigenvalue weighted by atomic mass is 10.1. The number of fused-ring (bicyclic) bond motifs is 1. The summed E-state index contributed by atoms with van der Waals surface area (Å²) >= 11 is 0. The highest BCUT2D eigenvalue weighted by Gasteiger charge is 2.20. The first-order chi connectivity index (χ1) is 13.2. The normalized spacial score (nSPS) is 10.9. The fourth-order valence-electron chi connectivity index (χ4n) is 2.78. The number of anilines is 1. The summed E-state index contributed by atoms with van der Waals surface area (Å²) in [6.45, 7) is 1.93. The van der Waals surface area contributed by atoms with Crippen molar-refractivity contribution in [3.05, 3.63) is 66.2 Å². The summed E-state index contributed by atoms with van der Waals surface area (Å²) in [5, 5.41) is 11.2. The van der Waals surface area contributed by atoms with Gasteiger partial charge in [0.25, 0.3) is 11.7 Å². The zero-order valence-electron chi connectivity index (χ0n) is 14.5. The zero-order valence-corrected chi connectivity index (χ0v) is 14.5. The van der Waals surface area contributed by atoms with Crippen LogP contribution in [0.5, 0.6) is 0 Å². The number of hydrogen-bond donors (Lipinski definition) is 2. The van der Waals surface area contributed by atoms with E-state index in [0.717, 1.165) is 16.5 Å². The minimum absolute atomic E-state index is 0.345. The second kappa shape index (κ2) is 6.87. The van der Waals surface area contributed by atoms with Crippen molar-refractivity contribution in [3.63, 3.8) is 0 Å². The van der Waals surface area contributed by atoms with E-state index >= 15 is 0 Å². The van der Waals surface area contributed by atoms with E-state index in [2.05, 4.69) is 20.5 Å². The van der Waals surface area contributed by atoms with E-state index < -0.39 is 11.7 Å². The van der Waals surface area contributed by atoms with Gasteiger partial charge >= 0.3 is 0 Å². The van der Waals surface area contributed by atoms with Gasteiger partial charge < -0.3 is 14.7 Å². The molecule has 0 fully saturated rings. The molecule has 0 saturated carbocycles. The number of hydrogen-bond acceptors (Lipinski definition) is 5. The first kappa shape index (κ1) is 16.7. The number of ketones is 1. The number of para-hydroxylation sites is 1. The highest BCUT2D eigenvalue weighted by atomic mass is 16.4. The van der Waals surface area contributed by atoms with Crippen molar-refractivity contribution < 1.29 is 14.0 Å². The quantitative estimate of drug-likeness (QED) is 0.418. The monoisotopic (exact) mass is 360 g/mol. The Morgan fingerprint density at radius 3 is 2.59 bits per heavy atom. The van der Waals surface area contributed by atoms with E-state index in [1.807, 2.05) is 25.1 Å². The van der Waals surface area contributed by atoms with E-state index in [4.69, 9.17) is 4.42 Å².